The molecule has 0 heterocycles. The van der Waals surface area contributed by atoms with E-state index in [1.54, 1.807) is 11.1 Å². The van der Waals surface area contributed by atoms with Gasteiger partial charge in [0, 0.05) is 13.3 Å². The molecule has 0 unspecified atom stereocenters. The lowest BCUT2D eigenvalue weighted by molar-refractivity contribution is -0.137. The van der Waals surface area contributed by atoms with Crippen LogP contribution in [0, 0.1) is 29.1 Å². The van der Waals surface area contributed by atoms with Crippen LogP contribution in [0.25, 0.3) is 6.08 Å². The molecule has 0 amide bonds. The second kappa shape index (κ2) is 8.75. The Balaban J connectivity index is 1.54. The predicted octanol–water partition coefficient (Wildman–Crippen LogP) is 7.69. The zero-order valence-electron chi connectivity index (χ0n) is 20.6. The summed E-state index contributed by atoms with van der Waals surface area (Å²) in [6, 6.07) is 4.71. The summed E-state index contributed by atoms with van der Waals surface area (Å²) < 4.78 is 5.39. The van der Waals surface area contributed by atoms with Gasteiger partial charge in [-0.05, 0) is 95.4 Å². The number of fused-ring (bicyclic) bond motifs is 5. The van der Waals surface area contributed by atoms with Gasteiger partial charge < -0.3 is 4.74 Å². The van der Waals surface area contributed by atoms with E-state index in [0.717, 1.165) is 48.2 Å². The fourth-order valence-electron chi connectivity index (χ4n) is 7.06. The molecule has 31 heavy (non-hydrogen) atoms. The molecule has 0 radical (unpaired) electrons. The highest BCUT2D eigenvalue weighted by Gasteiger charge is 2.51. The number of benzene rings is 1. The van der Waals surface area contributed by atoms with Gasteiger partial charge in [0.05, 0.1) is 0 Å². The molecule has 0 spiro atoms. The molecule has 0 aliphatic heterocycles. The number of hydrogen-bond donors (Lipinski definition) is 0. The van der Waals surface area contributed by atoms with Gasteiger partial charge in [0.1, 0.15) is 5.76 Å². The van der Waals surface area contributed by atoms with Crippen molar-refractivity contribution in [1.29, 1.82) is 0 Å². The maximum Gasteiger partial charge on any atom is 0.307 e. The maximum absolute atomic E-state index is 11.4. The normalized spacial score (nSPS) is 28.9. The molecule has 3 aliphatic rings. The summed E-state index contributed by atoms with van der Waals surface area (Å²) in [5, 5.41) is 0. The molecule has 0 aromatic heterocycles. The first-order valence-electron chi connectivity index (χ1n) is 12.7. The monoisotopic (exact) mass is 422 g/mol. The Morgan fingerprint density at radius 2 is 1.84 bits per heavy atom. The van der Waals surface area contributed by atoms with Crippen LogP contribution in [0.15, 0.2) is 17.9 Å². The third kappa shape index (κ3) is 4.24. The summed E-state index contributed by atoms with van der Waals surface area (Å²) >= 11 is 0. The number of hydrogen-bond acceptors (Lipinski definition) is 2. The molecule has 2 heteroatoms. The summed E-state index contributed by atoms with van der Waals surface area (Å²) in [5.41, 5.74) is 6.52. The van der Waals surface area contributed by atoms with E-state index in [1.165, 1.54) is 56.6 Å². The van der Waals surface area contributed by atoms with Crippen LogP contribution < -0.4 is 0 Å². The van der Waals surface area contributed by atoms with E-state index < -0.39 is 0 Å². The number of allylic oxidation sites excluding steroid dienone is 1. The van der Waals surface area contributed by atoms with Crippen LogP contribution in [0.2, 0.25) is 0 Å². The highest BCUT2D eigenvalue weighted by Crippen LogP contribution is 2.61. The van der Waals surface area contributed by atoms with Crippen molar-refractivity contribution < 1.29 is 9.53 Å². The largest absolute Gasteiger partial charge is 0.431 e. The van der Waals surface area contributed by atoms with E-state index in [2.05, 4.69) is 52.8 Å². The van der Waals surface area contributed by atoms with Crippen molar-refractivity contribution in [2.45, 2.75) is 98.8 Å². The molecule has 3 aliphatic carbocycles. The van der Waals surface area contributed by atoms with Gasteiger partial charge in [-0.15, -0.1) is 0 Å². The Labute approximate surface area is 189 Å². The Morgan fingerprint density at radius 1 is 1.06 bits per heavy atom. The van der Waals surface area contributed by atoms with Crippen molar-refractivity contribution in [3.63, 3.8) is 0 Å². The van der Waals surface area contributed by atoms with E-state index in [0.29, 0.717) is 5.41 Å². The van der Waals surface area contributed by atoms with Crippen LogP contribution in [0.5, 0.6) is 0 Å². The molecule has 0 bridgehead atoms. The quantitative estimate of drug-likeness (QED) is 0.439. The maximum atomic E-state index is 11.4. The summed E-state index contributed by atoms with van der Waals surface area (Å²) in [6.45, 7) is 13.8. The van der Waals surface area contributed by atoms with E-state index in [-0.39, 0.29) is 5.97 Å². The predicted molar refractivity (Wildman–Crippen MR) is 129 cm³/mol. The molecule has 1 saturated carbocycles. The fourth-order valence-corrected chi connectivity index (χ4v) is 7.06. The lowest BCUT2D eigenvalue weighted by Gasteiger charge is -2.45. The second-order valence-electron chi connectivity index (χ2n) is 11.4. The number of esters is 1. The van der Waals surface area contributed by atoms with Crippen LogP contribution in [0.4, 0.5) is 0 Å². The molecule has 0 saturated heterocycles. The second-order valence-corrected chi connectivity index (χ2v) is 11.4. The first kappa shape index (κ1) is 22.6. The SMILES string of the molecule is CC(=O)OC1=Cc2ccc3c(c2CC1)CC[C@@]1(C)[C@@H]([C@H](C)CC[C@H](C)C(C)C)CC[C@@H]31. The minimum atomic E-state index is -0.211. The van der Waals surface area contributed by atoms with Crippen molar-refractivity contribution in [2.75, 3.05) is 0 Å². The third-order valence-corrected chi connectivity index (χ3v) is 9.32. The minimum Gasteiger partial charge on any atom is -0.431 e. The Morgan fingerprint density at radius 3 is 2.55 bits per heavy atom. The number of carbonyl (C=O) groups is 1. The van der Waals surface area contributed by atoms with Crippen LogP contribution in [-0.2, 0) is 22.4 Å². The molecule has 5 atom stereocenters. The molecular formula is C29H42O2. The highest BCUT2D eigenvalue weighted by molar-refractivity contribution is 5.70. The van der Waals surface area contributed by atoms with Crippen molar-refractivity contribution in [1.82, 2.24) is 0 Å². The zero-order valence-corrected chi connectivity index (χ0v) is 20.6. The molecule has 170 valence electrons. The zero-order chi connectivity index (χ0) is 22.3. The van der Waals surface area contributed by atoms with E-state index in [9.17, 15) is 4.79 Å². The Bertz CT molecular complexity index is 864. The first-order valence-corrected chi connectivity index (χ1v) is 12.7. The molecule has 4 rings (SSSR count). The number of carbonyl (C=O) groups excluding carboxylic acids is 1. The fraction of sp³-hybridized carbons (Fsp3) is 0.690. The topological polar surface area (TPSA) is 26.3 Å². The highest BCUT2D eigenvalue weighted by atomic mass is 16.5. The van der Waals surface area contributed by atoms with E-state index in [1.807, 2.05) is 0 Å². The smallest absolute Gasteiger partial charge is 0.307 e. The van der Waals surface area contributed by atoms with Crippen LogP contribution in [0.1, 0.15) is 108 Å². The van der Waals surface area contributed by atoms with Crippen LogP contribution in [-0.4, -0.2) is 5.97 Å². The number of rotatable bonds is 6. The van der Waals surface area contributed by atoms with Crippen LogP contribution in [0.3, 0.4) is 0 Å². The van der Waals surface area contributed by atoms with Gasteiger partial charge in [0.2, 0.25) is 0 Å². The van der Waals surface area contributed by atoms with Gasteiger partial charge in [0.25, 0.3) is 0 Å². The van der Waals surface area contributed by atoms with E-state index >= 15 is 0 Å². The standard InChI is InChI=1S/C29H42O2/c1-18(2)19(3)7-8-20(4)27-13-14-28-26-11-9-22-17-23(31-21(5)30)10-12-24(22)25(26)15-16-29(27,28)6/h9,11,17-20,27-28H,7-8,10,12-16H2,1-6H3/t19-,20+,27+,28-,29-/m0/s1. The van der Waals surface area contributed by atoms with Crippen molar-refractivity contribution in [3.05, 3.63) is 40.1 Å². The van der Waals surface area contributed by atoms with Gasteiger partial charge in [-0.2, -0.15) is 0 Å². The van der Waals surface area contributed by atoms with Crippen molar-refractivity contribution >= 4 is 12.0 Å². The van der Waals surface area contributed by atoms with E-state index in [4.69, 9.17) is 4.74 Å². The lowest BCUT2D eigenvalue weighted by Crippen LogP contribution is -2.35. The molecule has 1 aromatic rings. The van der Waals surface area contributed by atoms with Crippen molar-refractivity contribution in [3.8, 4) is 0 Å². The van der Waals surface area contributed by atoms with Gasteiger partial charge in [-0.25, -0.2) is 0 Å². The molecule has 2 nitrogen and oxygen atoms in total. The average Bonchev–Trinajstić information content (AvgIpc) is 3.08. The molecule has 1 fully saturated rings. The summed E-state index contributed by atoms with van der Waals surface area (Å²) in [4.78, 5) is 11.4. The van der Waals surface area contributed by atoms with Crippen molar-refractivity contribution in [2.24, 2.45) is 29.1 Å². The van der Waals surface area contributed by atoms with Gasteiger partial charge in [-0.3, -0.25) is 4.79 Å². The third-order valence-electron chi connectivity index (χ3n) is 9.32. The molecule has 0 N–H and O–H groups in total. The average molecular weight is 423 g/mol. The summed E-state index contributed by atoms with van der Waals surface area (Å²) in [7, 11) is 0. The van der Waals surface area contributed by atoms with Gasteiger partial charge in [-0.1, -0.05) is 59.6 Å². The Kier molecular flexibility index (Phi) is 6.39. The van der Waals surface area contributed by atoms with Gasteiger partial charge >= 0.3 is 5.97 Å². The molecule has 1 aromatic carbocycles. The first-order chi connectivity index (χ1) is 14.7. The van der Waals surface area contributed by atoms with Crippen LogP contribution >= 0.6 is 0 Å². The minimum absolute atomic E-state index is 0.211. The lowest BCUT2D eigenvalue weighted by atomic mass is 9.60. The number of ether oxygens (including phenoxy) is 1. The van der Waals surface area contributed by atoms with Gasteiger partial charge in [0.15, 0.2) is 0 Å². The summed E-state index contributed by atoms with van der Waals surface area (Å²) in [5.74, 6) is 4.64. The Hall–Kier alpha value is -1.57. The summed E-state index contributed by atoms with van der Waals surface area (Å²) in [6.07, 6.45) is 12.0. The molecular weight excluding hydrogens is 380 g/mol.